The molecule has 0 spiro atoms. The minimum absolute atomic E-state index is 0.000278. The number of aliphatic hydroxyl groups excluding tert-OH is 1. The molecule has 1 unspecified atom stereocenters. The third-order valence-corrected chi connectivity index (χ3v) is 3.51. The van der Waals surface area contributed by atoms with Crippen LogP contribution in [0.15, 0.2) is 12.2 Å². The van der Waals surface area contributed by atoms with Crippen LogP contribution in [0.1, 0.15) is 12.8 Å². The van der Waals surface area contributed by atoms with Gasteiger partial charge in [0.05, 0.1) is 13.2 Å². The fourth-order valence-corrected chi connectivity index (χ4v) is 3.01. The Morgan fingerprint density at radius 1 is 1.71 bits per heavy atom. The summed E-state index contributed by atoms with van der Waals surface area (Å²) in [5.41, 5.74) is 1.26. The smallest absolute Gasteiger partial charge is 0.0618 e. The van der Waals surface area contributed by atoms with Crippen molar-refractivity contribution in [3.05, 3.63) is 12.2 Å². The first-order valence-corrected chi connectivity index (χ1v) is 5.22. The molecule has 0 aromatic carbocycles. The Balaban J connectivity index is 2.06. The summed E-state index contributed by atoms with van der Waals surface area (Å²) >= 11 is 0. The average molecular weight is 197 g/mol. The minimum atomic E-state index is 0.000278. The van der Waals surface area contributed by atoms with Crippen LogP contribution in [0.5, 0.6) is 0 Å². The second-order valence-electron chi connectivity index (χ2n) is 4.72. The number of aliphatic hydroxyl groups is 1. The van der Waals surface area contributed by atoms with E-state index in [1.807, 2.05) is 0 Å². The van der Waals surface area contributed by atoms with Crippen LogP contribution in [0.4, 0.5) is 0 Å². The van der Waals surface area contributed by atoms with Crippen molar-refractivity contribution in [1.29, 1.82) is 0 Å². The molecule has 0 aromatic rings. The zero-order valence-electron chi connectivity index (χ0n) is 8.83. The normalized spacial score (nSPS) is 37.9. The monoisotopic (exact) mass is 197 g/mol. The maximum Gasteiger partial charge on any atom is 0.0618 e. The van der Waals surface area contributed by atoms with Gasteiger partial charge in [-0.3, -0.25) is 4.90 Å². The highest BCUT2D eigenvalue weighted by atomic mass is 16.5. The molecule has 2 fully saturated rings. The lowest BCUT2D eigenvalue weighted by atomic mass is 9.90. The highest BCUT2D eigenvalue weighted by molar-refractivity contribution is 5.18. The van der Waals surface area contributed by atoms with Crippen LogP contribution >= 0.6 is 0 Å². The SMILES string of the molecule is C=C1CN2C[C@@H](COC)CC2(CO)C1. The molecule has 3 heteroatoms. The molecule has 0 aliphatic carbocycles. The number of fused-ring (bicyclic) bond motifs is 1. The summed E-state index contributed by atoms with van der Waals surface area (Å²) in [4.78, 5) is 2.37. The van der Waals surface area contributed by atoms with Crippen molar-refractivity contribution in [1.82, 2.24) is 4.90 Å². The van der Waals surface area contributed by atoms with Crippen LogP contribution < -0.4 is 0 Å². The van der Waals surface area contributed by atoms with E-state index in [1.54, 1.807) is 7.11 Å². The first-order valence-electron chi connectivity index (χ1n) is 5.22. The van der Waals surface area contributed by atoms with Gasteiger partial charge in [-0.2, -0.15) is 0 Å². The number of nitrogens with zero attached hydrogens (tertiary/aromatic N) is 1. The van der Waals surface area contributed by atoms with Crippen molar-refractivity contribution in [3.63, 3.8) is 0 Å². The Morgan fingerprint density at radius 3 is 3.07 bits per heavy atom. The highest BCUT2D eigenvalue weighted by Crippen LogP contribution is 2.42. The summed E-state index contributed by atoms with van der Waals surface area (Å²) in [5, 5.41) is 9.51. The molecular weight excluding hydrogens is 178 g/mol. The Labute approximate surface area is 85.4 Å². The fraction of sp³-hybridized carbons (Fsp3) is 0.818. The second-order valence-corrected chi connectivity index (χ2v) is 4.72. The predicted molar refractivity (Wildman–Crippen MR) is 55.1 cm³/mol. The quantitative estimate of drug-likeness (QED) is 0.674. The molecule has 0 saturated carbocycles. The van der Waals surface area contributed by atoms with Crippen molar-refractivity contribution >= 4 is 0 Å². The van der Waals surface area contributed by atoms with Crippen LogP contribution in [-0.4, -0.2) is 49.0 Å². The lowest BCUT2D eigenvalue weighted by Crippen LogP contribution is -2.41. The molecule has 2 rings (SSSR count). The molecule has 3 nitrogen and oxygen atoms in total. The van der Waals surface area contributed by atoms with E-state index in [1.165, 1.54) is 5.57 Å². The molecule has 0 bridgehead atoms. The van der Waals surface area contributed by atoms with Gasteiger partial charge in [0.25, 0.3) is 0 Å². The molecule has 2 aliphatic heterocycles. The van der Waals surface area contributed by atoms with Gasteiger partial charge in [0, 0.05) is 25.7 Å². The summed E-state index contributed by atoms with van der Waals surface area (Å²) in [5.74, 6) is 0.584. The van der Waals surface area contributed by atoms with E-state index in [-0.39, 0.29) is 12.1 Å². The molecule has 2 heterocycles. The molecule has 2 saturated heterocycles. The molecule has 0 radical (unpaired) electrons. The van der Waals surface area contributed by atoms with Gasteiger partial charge in [0.15, 0.2) is 0 Å². The maximum atomic E-state index is 9.51. The second kappa shape index (κ2) is 3.65. The van der Waals surface area contributed by atoms with E-state index in [2.05, 4.69) is 11.5 Å². The number of hydrogen-bond acceptors (Lipinski definition) is 3. The van der Waals surface area contributed by atoms with Crippen LogP contribution in [-0.2, 0) is 4.74 Å². The summed E-state index contributed by atoms with van der Waals surface area (Å²) < 4.78 is 5.18. The average Bonchev–Trinajstić information content (AvgIpc) is 2.58. The van der Waals surface area contributed by atoms with Gasteiger partial charge in [0.2, 0.25) is 0 Å². The lowest BCUT2D eigenvalue weighted by molar-refractivity contribution is 0.0994. The van der Waals surface area contributed by atoms with Gasteiger partial charge >= 0.3 is 0 Å². The molecule has 80 valence electrons. The molecular formula is C11H19NO2. The van der Waals surface area contributed by atoms with Crippen LogP contribution in [0.3, 0.4) is 0 Å². The first-order chi connectivity index (χ1) is 6.70. The van der Waals surface area contributed by atoms with E-state index >= 15 is 0 Å². The lowest BCUT2D eigenvalue weighted by Gasteiger charge is -2.28. The van der Waals surface area contributed by atoms with E-state index in [4.69, 9.17) is 4.74 Å². The van der Waals surface area contributed by atoms with Gasteiger partial charge in [0.1, 0.15) is 0 Å². The van der Waals surface area contributed by atoms with Gasteiger partial charge in [-0.1, -0.05) is 12.2 Å². The summed E-state index contributed by atoms with van der Waals surface area (Å²) in [6, 6.07) is 0. The molecule has 2 atom stereocenters. The van der Waals surface area contributed by atoms with Gasteiger partial charge in [-0.25, -0.2) is 0 Å². The van der Waals surface area contributed by atoms with Crippen LogP contribution in [0.2, 0.25) is 0 Å². The Bertz CT molecular complexity index is 241. The summed E-state index contributed by atoms with van der Waals surface area (Å²) in [6.45, 7) is 7.09. The number of methoxy groups -OCH3 is 1. The van der Waals surface area contributed by atoms with Crippen molar-refractivity contribution in [3.8, 4) is 0 Å². The molecule has 0 amide bonds. The van der Waals surface area contributed by atoms with Crippen LogP contribution in [0, 0.1) is 5.92 Å². The van der Waals surface area contributed by atoms with Crippen molar-refractivity contribution in [2.45, 2.75) is 18.4 Å². The number of hydrogen-bond donors (Lipinski definition) is 1. The third-order valence-electron chi connectivity index (χ3n) is 3.51. The Kier molecular flexibility index (Phi) is 2.64. The number of rotatable bonds is 3. The van der Waals surface area contributed by atoms with Crippen molar-refractivity contribution in [2.24, 2.45) is 5.92 Å². The Morgan fingerprint density at radius 2 is 2.50 bits per heavy atom. The zero-order chi connectivity index (χ0) is 10.2. The van der Waals surface area contributed by atoms with E-state index < -0.39 is 0 Å². The largest absolute Gasteiger partial charge is 0.394 e. The fourth-order valence-electron chi connectivity index (χ4n) is 3.01. The van der Waals surface area contributed by atoms with E-state index in [0.29, 0.717) is 5.92 Å². The van der Waals surface area contributed by atoms with Crippen molar-refractivity contribution in [2.75, 3.05) is 33.4 Å². The van der Waals surface area contributed by atoms with Gasteiger partial charge in [-0.15, -0.1) is 0 Å². The summed E-state index contributed by atoms with van der Waals surface area (Å²) in [7, 11) is 1.74. The van der Waals surface area contributed by atoms with E-state index in [9.17, 15) is 5.11 Å². The molecule has 14 heavy (non-hydrogen) atoms. The molecule has 1 N–H and O–H groups in total. The third kappa shape index (κ3) is 1.49. The maximum absolute atomic E-state index is 9.51. The standard InChI is InChI=1S/C11H19NO2/c1-9-3-11(8-13)4-10(7-14-2)6-12(11)5-9/h10,13H,1,3-8H2,2H3/t10-,11?/m0/s1. The topological polar surface area (TPSA) is 32.7 Å². The molecule has 0 aromatic heterocycles. The predicted octanol–water partition coefficient (Wildman–Crippen LogP) is 0.646. The highest BCUT2D eigenvalue weighted by Gasteiger charge is 2.48. The van der Waals surface area contributed by atoms with Crippen LogP contribution in [0.25, 0.3) is 0 Å². The summed E-state index contributed by atoms with van der Waals surface area (Å²) in [6.07, 6.45) is 2.01. The first kappa shape index (κ1) is 10.1. The molecule has 2 aliphatic rings. The zero-order valence-corrected chi connectivity index (χ0v) is 8.83. The van der Waals surface area contributed by atoms with Gasteiger partial charge in [-0.05, 0) is 18.8 Å². The number of ether oxygens (including phenoxy) is 1. The van der Waals surface area contributed by atoms with Crippen molar-refractivity contribution < 1.29 is 9.84 Å². The van der Waals surface area contributed by atoms with E-state index in [0.717, 1.165) is 32.5 Å². The Hall–Kier alpha value is -0.380. The minimum Gasteiger partial charge on any atom is -0.394 e. The van der Waals surface area contributed by atoms with Gasteiger partial charge < -0.3 is 9.84 Å².